The maximum atomic E-state index is 13.1. The highest BCUT2D eigenvalue weighted by atomic mass is 32.1. The third kappa shape index (κ3) is 2.99. The Bertz CT molecular complexity index is 1240. The van der Waals surface area contributed by atoms with E-state index in [1.54, 1.807) is 17.0 Å². The molecular weight excluding hydrogens is 372 g/mol. The lowest BCUT2D eigenvalue weighted by atomic mass is 10.3. The van der Waals surface area contributed by atoms with E-state index in [9.17, 15) is 4.79 Å². The van der Waals surface area contributed by atoms with Gasteiger partial charge in [-0.3, -0.25) is 9.48 Å². The zero-order chi connectivity index (χ0) is 19.7. The quantitative estimate of drug-likeness (QED) is 0.482. The monoisotopic (exact) mass is 392 g/mol. The molecule has 0 atom stereocenters. The van der Waals surface area contributed by atoms with E-state index in [-0.39, 0.29) is 5.56 Å². The zero-order valence-electron chi connectivity index (χ0n) is 15.7. The lowest BCUT2D eigenvalue weighted by molar-refractivity contribution is 0.574. The largest absolute Gasteiger partial charge is 0.463 e. The summed E-state index contributed by atoms with van der Waals surface area (Å²) in [6.45, 7) is 6.31. The summed E-state index contributed by atoms with van der Waals surface area (Å²) in [5, 5.41) is 1.98. The normalized spacial score (nSPS) is 11.9. The lowest BCUT2D eigenvalue weighted by Gasteiger charge is -2.07. The maximum absolute atomic E-state index is 13.1. The van der Waals surface area contributed by atoms with Gasteiger partial charge in [0.25, 0.3) is 5.56 Å². The summed E-state index contributed by atoms with van der Waals surface area (Å²) in [4.78, 5) is 18.6. The van der Waals surface area contributed by atoms with Crippen LogP contribution in [0.3, 0.4) is 0 Å². The van der Waals surface area contributed by atoms with E-state index in [4.69, 9.17) is 9.41 Å². The van der Waals surface area contributed by atoms with E-state index in [0.717, 1.165) is 27.6 Å². The van der Waals surface area contributed by atoms with E-state index in [1.165, 1.54) is 11.3 Å². The van der Waals surface area contributed by atoms with Crippen LogP contribution in [0.4, 0.5) is 5.69 Å². The molecule has 4 aromatic rings. The summed E-state index contributed by atoms with van der Waals surface area (Å²) in [6.07, 6.45) is 3.44. The molecule has 0 spiro atoms. The molecule has 0 amide bonds. The number of thiazole rings is 1. The molecule has 0 N–H and O–H groups in total. The molecule has 0 fully saturated rings. The molecule has 28 heavy (non-hydrogen) atoms. The van der Waals surface area contributed by atoms with Gasteiger partial charge in [-0.2, -0.15) is 0 Å². The molecule has 0 unspecified atom stereocenters. The minimum absolute atomic E-state index is 0.149. The van der Waals surface area contributed by atoms with Gasteiger partial charge in [-0.05, 0) is 31.2 Å². The number of benzene rings is 1. The van der Waals surface area contributed by atoms with Crippen LogP contribution in [0.25, 0.3) is 17.1 Å². The second kappa shape index (κ2) is 7.36. The summed E-state index contributed by atoms with van der Waals surface area (Å²) in [5.74, 6) is 0.756. The van der Waals surface area contributed by atoms with Crippen molar-refractivity contribution in [2.24, 2.45) is 12.0 Å². The van der Waals surface area contributed by atoms with Crippen molar-refractivity contribution in [3.05, 3.63) is 87.6 Å². The summed E-state index contributed by atoms with van der Waals surface area (Å²) < 4.78 is 11.0. The van der Waals surface area contributed by atoms with E-state index in [0.29, 0.717) is 12.2 Å². The van der Waals surface area contributed by atoms with Crippen molar-refractivity contribution in [2.75, 3.05) is 0 Å². The Hall–Kier alpha value is -3.32. The maximum Gasteiger partial charge on any atom is 0.297 e. The van der Waals surface area contributed by atoms with Gasteiger partial charge < -0.3 is 8.98 Å². The third-order valence-electron chi connectivity index (χ3n) is 4.61. The number of rotatable bonds is 5. The highest BCUT2D eigenvalue weighted by molar-refractivity contribution is 7.07. The third-order valence-corrected chi connectivity index (χ3v) is 5.48. The molecule has 6 nitrogen and oxygen atoms in total. The Morgan fingerprint density at radius 3 is 2.68 bits per heavy atom. The van der Waals surface area contributed by atoms with Gasteiger partial charge in [0.2, 0.25) is 0 Å². The average molecular weight is 392 g/mol. The smallest absolute Gasteiger partial charge is 0.297 e. The van der Waals surface area contributed by atoms with Crippen LogP contribution in [0.5, 0.6) is 0 Å². The van der Waals surface area contributed by atoms with Crippen molar-refractivity contribution < 1.29 is 4.42 Å². The first-order valence-corrected chi connectivity index (χ1v) is 9.71. The molecule has 7 heteroatoms. The number of furan rings is 1. The van der Waals surface area contributed by atoms with Gasteiger partial charge in [-0.25, -0.2) is 9.67 Å². The molecule has 1 aromatic carbocycles. The van der Waals surface area contributed by atoms with Gasteiger partial charge in [-0.15, -0.1) is 17.9 Å². The molecule has 0 bridgehead atoms. The number of hydrogen-bond acceptors (Lipinski definition) is 4. The molecule has 142 valence electrons. The molecule has 0 radical (unpaired) electrons. The number of allylic oxidation sites excluding steroid dienone is 1. The first-order chi connectivity index (χ1) is 13.6. The number of hydrogen-bond donors (Lipinski definition) is 0. The van der Waals surface area contributed by atoms with E-state index < -0.39 is 0 Å². The predicted molar refractivity (Wildman–Crippen MR) is 111 cm³/mol. The van der Waals surface area contributed by atoms with Gasteiger partial charge in [0, 0.05) is 19.0 Å². The van der Waals surface area contributed by atoms with Gasteiger partial charge in [0.05, 0.1) is 23.3 Å². The van der Waals surface area contributed by atoms with E-state index in [1.807, 2.05) is 71.1 Å². The minimum atomic E-state index is -0.149. The van der Waals surface area contributed by atoms with Gasteiger partial charge >= 0.3 is 0 Å². The van der Waals surface area contributed by atoms with Crippen LogP contribution >= 0.6 is 11.3 Å². The Balaban J connectivity index is 1.92. The van der Waals surface area contributed by atoms with Crippen LogP contribution in [0.2, 0.25) is 0 Å². The molecule has 3 aromatic heterocycles. The van der Waals surface area contributed by atoms with Gasteiger partial charge in [0.15, 0.2) is 16.2 Å². The molecule has 3 heterocycles. The molecular formula is C21H20N4O2S. The first-order valence-electron chi connectivity index (χ1n) is 8.83. The van der Waals surface area contributed by atoms with Crippen molar-refractivity contribution >= 4 is 17.0 Å². The Morgan fingerprint density at radius 1 is 1.21 bits per heavy atom. The minimum Gasteiger partial charge on any atom is -0.463 e. The van der Waals surface area contributed by atoms with Crippen molar-refractivity contribution in [1.29, 1.82) is 0 Å². The van der Waals surface area contributed by atoms with Crippen LogP contribution in [0.15, 0.2) is 81.0 Å². The predicted octanol–water partition coefficient (Wildman–Crippen LogP) is 4.03. The summed E-state index contributed by atoms with van der Waals surface area (Å²) >= 11 is 1.47. The highest BCUT2D eigenvalue weighted by Gasteiger charge is 2.17. The van der Waals surface area contributed by atoms with E-state index in [2.05, 4.69) is 6.58 Å². The number of aromatic nitrogens is 3. The van der Waals surface area contributed by atoms with Crippen molar-refractivity contribution in [3.8, 4) is 17.1 Å². The summed E-state index contributed by atoms with van der Waals surface area (Å²) in [7, 11) is 1.86. The first kappa shape index (κ1) is 18.1. The number of nitrogens with zero attached hydrogens (tertiary/aromatic N) is 4. The molecule has 0 saturated carbocycles. The topological polar surface area (TPSA) is 57.4 Å². The lowest BCUT2D eigenvalue weighted by Crippen LogP contribution is -2.20. The van der Waals surface area contributed by atoms with Crippen molar-refractivity contribution in [3.63, 3.8) is 0 Å². The van der Waals surface area contributed by atoms with Crippen LogP contribution < -0.4 is 10.4 Å². The molecule has 0 aliphatic heterocycles. The average Bonchev–Trinajstić information content (AvgIpc) is 3.40. The van der Waals surface area contributed by atoms with Crippen molar-refractivity contribution in [2.45, 2.75) is 13.5 Å². The molecule has 0 aliphatic rings. The summed E-state index contributed by atoms with van der Waals surface area (Å²) in [6, 6.07) is 13.3. The fourth-order valence-electron chi connectivity index (χ4n) is 3.13. The van der Waals surface area contributed by atoms with Gasteiger partial charge in [0.1, 0.15) is 0 Å². The molecule has 0 aliphatic carbocycles. The van der Waals surface area contributed by atoms with Crippen molar-refractivity contribution in [1.82, 2.24) is 13.9 Å². The molecule has 4 rings (SSSR count). The van der Waals surface area contributed by atoms with Gasteiger partial charge in [-0.1, -0.05) is 24.3 Å². The van der Waals surface area contributed by atoms with E-state index >= 15 is 0 Å². The SMILES string of the molecule is C=CCn1c(-c2ccco2)csc1=Nc1c(C)n(C)n(-c2ccccc2)c1=O. The number of para-hydroxylation sites is 1. The van der Waals surface area contributed by atoms with Crippen LogP contribution in [0.1, 0.15) is 5.69 Å². The Morgan fingerprint density at radius 2 is 2.00 bits per heavy atom. The Kier molecular flexibility index (Phi) is 4.75. The second-order valence-electron chi connectivity index (χ2n) is 6.30. The van der Waals surface area contributed by atoms with Crippen LogP contribution in [-0.4, -0.2) is 13.9 Å². The molecule has 0 saturated heterocycles. The van der Waals surface area contributed by atoms with Crippen LogP contribution in [-0.2, 0) is 13.6 Å². The second-order valence-corrected chi connectivity index (χ2v) is 7.14. The standard InChI is InChI=1S/C21H20N4O2S/c1-4-12-24-17(18-11-8-13-27-18)14-28-21(24)22-19-15(2)23(3)25(20(19)26)16-9-6-5-7-10-16/h4-11,13-14H,1,12H2,2-3H3. The fourth-order valence-corrected chi connectivity index (χ4v) is 4.03. The Labute approximate surface area is 165 Å². The highest BCUT2D eigenvalue weighted by Crippen LogP contribution is 2.22. The summed E-state index contributed by atoms with van der Waals surface area (Å²) in [5.41, 5.74) is 2.79. The van der Waals surface area contributed by atoms with Crippen LogP contribution in [0, 0.1) is 6.92 Å². The zero-order valence-corrected chi connectivity index (χ0v) is 16.5. The fraction of sp³-hybridized carbons (Fsp3) is 0.143.